The summed E-state index contributed by atoms with van der Waals surface area (Å²) in [5.41, 5.74) is 1.58. The third-order valence-corrected chi connectivity index (χ3v) is 5.28. The van der Waals surface area contributed by atoms with Crippen molar-refractivity contribution >= 4 is 28.7 Å². The summed E-state index contributed by atoms with van der Waals surface area (Å²) in [6.07, 6.45) is 4.66. The average molecular weight is 364 g/mol. The molecule has 1 aromatic heterocycles. The van der Waals surface area contributed by atoms with Crippen LogP contribution in [0.4, 0.5) is 4.79 Å². The molecule has 0 bridgehead atoms. The summed E-state index contributed by atoms with van der Waals surface area (Å²) < 4.78 is 11.2. The van der Waals surface area contributed by atoms with E-state index in [1.54, 1.807) is 0 Å². The van der Waals surface area contributed by atoms with Crippen molar-refractivity contribution in [2.24, 2.45) is 0 Å². The minimum absolute atomic E-state index is 0.0875. The molecule has 2 aromatic rings. The molecule has 1 aliphatic carbocycles. The van der Waals surface area contributed by atoms with Crippen LogP contribution in [0.5, 0.6) is 0 Å². The van der Waals surface area contributed by atoms with Crippen LogP contribution in [0.15, 0.2) is 22.6 Å². The zero-order valence-electron chi connectivity index (χ0n) is 14.0. The second-order valence-electron chi connectivity index (χ2n) is 6.89. The van der Waals surface area contributed by atoms with Crippen molar-refractivity contribution in [2.45, 2.75) is 50.1 Å². The number of oxazole rings is 1. The lowest BCUT2D eigenvalue weighted by Crippen LogP contribution is -2.47. The first-order chi connectivity index (χ1) is 12.2. The second-order valence-corrected chi connectivity index (χ2v) is 7.33. The lowest BCUT2D eigenvalue weighted by atomic mass is 9.86. The maximum Gasteiger partial charge on any atom is 0.315 e. The van der Waals surface area contributed by atoms with Crippen LogP contribution in [0.25, 0.3) is 11.1 Å². The fourth-order valence-corrected chi connectivity index (χ4v) is 3.80. The van der Waals surface area contributed by atoms with Gasteiger partial charge in [0.05, 0.1) is 12.6 Å². The van der Waals surface area contributed by atoms with Gasteiger partial charge in [0.25, 0.3) is 0 Å². The number of ether oxygens (including phenoxy) is 1. The maximum atomic E-state index is 12.0. The van der Waals surface area contributed by atoms with E-state index < -0.39 is 0 Å². The first-order valence-corrected chi connectivity index (χ1v) is 9.26. The van der Waals surface area contributed by atoms with Gasteiger partial charge in [-0.15, -0.1) is 0 Å². The molecule has 2 N–H and O–H groups in total. The van der Waals surface area contributed by atoms with Crippen LogP contribution >= 0.6 is 11.6 Å². The number of hydrogen-bond acceptors (Lipinski definition) is 4. The van der Waals surface area contributed by atoms with Crippen molar-refractivity contribution in [3.8, 4) is 0 Å². The van der Waals surface area contributed by atoms with E-state index in [-0.39, 0.29) is 18.1 Å². The molecule has 2 fully saturated rings. The van der Waals surface area contributed by atoms with Crippen LogP contribution in [-0.2, 0) is 4.74 Å². The molecular formula is C18H22ClN3O3. The molecule has 1 atom stereocenters. The van der Waals surface area contributed by atoms with Crippen molar-refractivity contribution in [1.82, 2.24) is 15.6 Å². The lowest BCUT2D eigenvalue weighted by Gasteiger charge is -2.27. The van der Waals surface area contributed by atoms with Crippen molar-refractivity contribution in [2.75, 3.05) is 13.2 Å². The number of nitrogens with one attached hydrogen (secondary N) is 2. The summed E-state index contributed by atoms with van der Waals surface area (Å²) in [5.74, 6) is 1.08. The summed E-state index contributed by atoms with van der Waals surface area (Å²) in [6.45, 7) is 1.34. The molecule has 2 aliphatic rings. The Morgan fingerprint density at radius 1 is 1.12 bits per heavy atom. The lowest BCUT2D eigenvalue weighted by molar-refractivity contribution is 0.187. The number of amides is 2. The average Bonchev–Trinajstić information content (AvgIpc) is 3.24. The molecule has 7 heteroatoms. The minimum atomic E-state index is -0.0875. The smallest absolute Gasteiger partial charge is 0.315 e. The summed E-state index contributed by atoms with van der Waals surface area (Å²) >= 11 is 6.01. The molecule has 1 saturated heterocycles. The Balaban J connectivity index is 1.30. The highest BCUT2D eigenvalue weighted by molar-refractivity contribution is 6.31. The Hall–Kier alpha value is -1.79. The first-order valence-electron chi connectivity index (χ1n) is 8.88. The van der Waals surface area contributed by atoms with Crippen LogP contribution in [0, 0.1) is 0 Å². The van der Waals surface area contributed by atoms with E-state index in [9.17, 15) is 4.79 Å². The molecule has 2 amide bonds. The molecule has 0 spiro atoms. The minimum Gasteiger partial charge on any atom is -0.440 e. The van der Waals surface area contributed by atoms with Gasteiger partial charge in [-0.05, 0) is 50.3 Å². The Bertz CT molecular complexity index is 749. The SMILES string of the molecule is O=C(NC1CCC(c2nc3cc(Cl)ccc3o2)CC1)NC1CCOC1. The Morgan fingerprint density at radius 3 is 2.68 bits per heavy atom. The molecule has 1 unspecified atom stereocenters. The van der Waals surface area contributed by atoms with Gasteiger partial charge in [0.2, 0.25) is 0 Å². The van der Waals surface area contributed by atoms with Crippen molar-refractivity contribution in [3.63, 3.8) is 0 Å². The van der Waals surface area contributed by atoms with E-state index >= 15 is 0 Å². The molecule has 0 radical (unpaired) electrons. The highest BCUT2D eigenvalue weighted by Crippen LogP contribution is 2.34. The summed E-state index contributed by atoms with van der Waals surface area (Å²) in [7, 11) is 0. The number of carbonyl (C=O) groups is 1. The zero-order valence-corrected chi connectivity index (χ0v) is 14.7. The molecule has 1 saturated carbocycles. The van der Waals surface area contributed by atoms with E-state index in [1.807, 2.05) is 18.2 Å². The number of carbonyl (C=O) groups excluding carboxylic acids is 1. The third-order valence-electron chi connectivity index (χ3n) is 5.04. The molecule has 1 aliphatic heterocycles. The maximum absolute atomic E-state index is 12.0. The van der Waals surface area contributed by atoms with E-state index in [4.69, 9.17) is 20.8 Å². The van der Waals surface area contributed by atoms with Crippen LogP contribution in [0.2, 0.25) is 5.02 Å². The fraction of sp³-hybridized carbons (Fsp3) is 0.556. The quantitative estimate of drug-likeness (QED) is 0.873. The largest absolute Gasteiger partial charge is 0.440 e. The molecule has 4 rings (SSSR count). The van der Waals surface area contributed by atoms with Gasteiger partial charge in [-0.1, -0.05) is 11.6 Å². The normalized spacial score (nSPS) is 26.7. The van der Waals surface area contributed by atoms with Gasteiger partial charge in [-0.25, -0.2) is 9.78 Å². The molecular weight excluding hydrogens is 342 g/mol. The molecule has 2 heterocycles. The standard InChI is InChI=1S/C18H22ClN3O3/c19-12-3-6-16-15(9-12)22-17(25-16)11-1-4-13(5-2-11)20-18(23)21-14-7-8-24-10-14/h3,6,9,11,13-14H,1-2,4-5,7-8,10H2,(H2,20,21,23). The summed E-state index contributed by atoms with van der Waals surface area (Å²) in [6, 6.07) is 5.76. The summed E-state index contributed by atoms with van der Waals surface area (Å²) in [4.78, 5) is 16.6. The topological polar surface area (TPSA) is 76.4 Å². The number of nitrogens with zero attached hydrogens (tertiary/aromatic N) is 1. The van der Waals surface area contributed by atoms with Gasteiger partial charge in [0.1, 0.15) is 5.52 Å². The monoisotopic (exact) mass is 363 g/mol. The van der Waals surface area contributed by atoms with Crippen molar-refractivity contribution in [3.05, 3.63) is 29.1 Å². The highest BCUT2D eigenvalue weighted by atomic mass is 35.5. The van der Waals surface area contributed by atoms with Crippen molar-refractivity contribution < 1.29 is 13.9 Å². The number of fused-ring (bicyclic) bond motifs is 1. The Labute approximate surface area is 151 Å². The Morgan fingerprint density at radius 2 is 1.92 bits per heavy atom. The van der Waals surface area contributed by atoms with Crippen LogP contribution in [-0.4, -0.2) is 36.3 Å². The van der Waals surface area contributed by atoms with Gasteiger partial charge in [-0.3, -0.25) is 0 Å². The number of urea groups is 1. The van der Waals surface area contributed by atoms with Crippen molar-refractivity contribution in [1.29, 1.82) is 0 Å². The number of rotatable bonds is 3. The van der Waals surface area contributed by atoms with Crippen LogP contribution < -0.4 is 10.6 Å². The fourth-order valence-electron chi connectivity index (χ4n) is 3.64. The third kappa shape index (κ3) is 3.90. The first kappa shape index (κ1) is 16.7. The van der Waals surface area contributed by atoms with Gasteiger partial charge in [0.15, 0.2) is 11.5 Å². The zero-order chi connectivity index (χ0) is 17.2. The van der Waals surface area contributed by atoms with E-state index in [0.29, 0.717) is 17.5 Å². The number of aromatic nitrogens is 1. The van der Waals surface area contributed by atoms with Gasteiger partial charge < -0.3 is 19.8 Å². The van der Waals surface area contributed by atoms with Gasteiger partial charge in [-0.2, -0.15) is 0 Å². The Kier molecular flexibility index (Phi) is 4.81. The number of hydrogen-bond donors (Lipinski definition) is 2. The highest BCUT2D eigenvalue weighted by Gasteiger charge is 2.27. The predicted octanol–water partition coefficient (Wildman–Crippen LogP) is 3.60. The molecule has 134 valence electrons. The van der Waals surface area contributed by atoms with E-state index in [2.05, 4.69) is 15.6 Å². The summed E-state index contributed by atoms with van der Waals surface area (Å²) in [5, 5.41) is 6.72. The molecule has 25 heavy (non-hydrogen) atoms. The van der Waals surface area contributed by atoms with Gasteiger partial charge >= 0.3 is 6.03 Å². The molecule has 1 aromatic carbocycles. The van der Waals surface area contributed by atoms with E-state index in [1.165, 1.54) is 0 Å². The predicted molar refractivity (Wildman–Crippen MR) is 94.9 cm³/mol. The van der Waals surface area contributed by atoms with Crippen LogP contribution in [0.3, 0.4) is 0 Å². The second kappa shape index (κ2) is 7.22. The molecule has 6 nitrogen and oxygen atoms in total. The number of benzene rings is 1. The number of halogens is 1. The van der Waals surface area contributed by atoms with Gasteiger partial charge in [0, 0.05) is 23.6 Å². The van der Waals surface area contributed by atoms with Crippen LogP contribution in [0.1, 0.15) is 43.9 Å². The van der Waals surface area contributed by atoms with E-state index in [0.717, 1.165) is 55.7 Å².